The first-order valence-corrected chi connectivity index (χ1v) is 5.56. The van der Waals surface area contributed by atoms with E-state index in [9.17, 15) is 9.90 Å². The third kappa shape index (κ3) is 2.02. The molecule has 0 saturated heterocycles. The van der Waals surface area contributed by atoms with Gasteiger partial charge in [0.1, 0.15) is 12.2 Å². The predicted octanol–water partition coefficient (Wildman–Crippen LogP) is -0.192. The highest BCUT2D eigenvalue weighted by Crippen LogP contribution is 2.22. The fraction of sp³-hybridized carbons (Fsp3) is 0.200. The molecule has 0 aromatic carbocycles. The summed E-state index contributed by atoms with van der Waals surface area (Å²) in [5, 5.41) is 24.4. The van der Waals surface area contributed by atoms with E-state index >= 15 is 0 Å². The molecule has 3 heterocycles. The van der Waals surface area contributed by atoms with Crippen LogP contribution in [0.25, 0.3) is 11.3 Å². The normalized spacial score (nSPS) is 10.8. The first-order chi connectivity index (χ1) is 9.65. The molecule has 3 aromatic rings. The molecule has 0 aliphatic carbocycles. The molecule has 3 aromatic heterocycles. The summed E-state index contributed by atoms with van der Waals surface area (Å²) in [6.07, 6.45) is 4.41. The predicted molar refractivity (Wildman–Crippen MR) is 62.6 cm³/mol. The summed E-state index contributed by atoms with van der Waals surface area (Å²) in [5.41, 5.74) is 0.787. The standard InChI is InChI=1S/C10H9N7O3/c1-16-3-6(2-12-16)9-8(10(18)19)13-15-17(9)4-7-11-5-20-14-7/h2-3,5H,4H2,1H3,(H,18,19). The molecule has 0 aliphatic heterocycles. The van der Waals surface area contributed by atoms with Gasteiger partial charge in [-0.2, -0.15) is 10.1 Å². The average molecular weight is 275 g/mol. The number of hydrogen-bond donors (Lipinski definition) is 1. The van der Waals surface area contributed by atoms with Gasteiger partial charge in [0, 0.05) is 18.8 Å². The van der Waals surface area contributed by atoms with E-state index in [4.69, 9.17) is 0 Å². The number of aryl methyl sites for hydroxylation is 1. The Kier molecular flexibility index (Phi) is 2.75. The van der Waals surface area contributed by atoms with Crippen LogP contribution in [0.15, 0.2) is 23.3 Å². The van der Waals surface area contributed by atoms with Crippen molar-refractivity contribution >= 4 is 5.97 Å². The monoisotopic (exact) mass is 275 g/mol. The van der Waals surface area contributed by atoms with Gasteiger partial charge in [0.05, 0.1) is 6.20 Å². The Morgan fingerprint density at radius 1 is 1.50 bits per heavy atom. The summed E-state index contributed by atoms with van der Waals surface area (Å²) >= 11 is 0. The number of nitrogens with zero attached hydrogens (tertiary/aromatic N) is 7. The molecular formula is C10H9N7O3. The van der Waals surface area contributed by atoms with Gasteiger partial charge < -0.3 is 9.63 Å². The molecule has 0 saturated carbocycles. The van der Waals surface area contributed by atoms with Gasteiger partial charge in [0.25, 0.3) is 0 Å². The highest BCUT2D eigenvalue weighted by molar-refractivity contribution is 5.92. The van der Waals surface area contributed by atoms with Gasteiger partial charge >= 0.3 is 5.97 Å². The highest BCUT2D eigenvalue weighted by atomic mass is 16.5. The molecule has 102 valence electrons. The van der Waals surface area contributed by atoms with Gasteiger partial charge in [0.15, 0.2) is 11.5 Å². The number of carboxylic acids is 1. The number of carbonyl (C=O) groups is 1. The van der Waals surface area contributed by atoms with Crippen molar-refractivity contribution in [1.82, 2.24) is 34.9 Å². The first kappa shape index (κ1) is 12.0. The van der Waals surface area contributed by atoms with Crippen LogP contribution in [0.5, 0.6) is 0 Å². The maximum Gasteiger partial charge on any atom is 0.358 e. The fourth-order valence-corrected chi connectivity index (χ4v) is 1.79. The van der Waals surface area contributed by atoms with Crippen LogP contribution < -0.4 is 0 Å². The zero-order chi connectivity index (χ0) is 14.1. The lowest BCUT2D eigenvalue weighted by Gasteiger charge is -2.02. The number of hydrogen-bond acceptors (Lipinski definition) is 7. The van der Waals surface area contributed by atoms with E-state index in [1.165, 1.54) is 17.3 Å². The fourth-order valence-electron chi connectivity index (χ4n) is 1.79. The molecule has 0 bridgehead atoms. The minimum atomic E-state index is -1.16. The van der Waals surface area contributed by atoms with E-state index in [1.54, 1.807) is 17.9 Å². The Morgan fingerprint density at radius 2 is 2.35 bits per heavy atom. The van der Waals surface area contributed by atoms with Crippen LogP contribution in [-0.2, 0) is 13.6 Å². The summed E-state index contributed by atoms with van der Waals surface area (Å²) in [5.74, 6) is -0.791. The third-order valence-corrected chi connectivity index (χ3v) is 2.61. The zero-order valence-electron chi connectivity index (χ0n) is 10.3. The van der Waals surface area contributed by atoms with Crippen molar-refractivity contribution in [2.75, 3.05) is 0 Å². The van der Waals surface area contributed by atoms with Gasteiger partial charge in [-0.25, -0.2) is 9.48 Å². The van der Waals surface area contributed by atoms with Crippen LogP contribution >= 0.6 is 0 Å². The number of carboxylic acid groups (broad SMARTS) is 1. The van der Waals surface area contributed by atoms with Crippen LogP contribution in [0.3, 0.4) is 0 Å². The van der Waals surface area contributed by atoms with Crippen molar-refractivity contribution in [3.8, 4) is 11.3 Å². The SMILES string of the molecule is Cn1cc(-c2c(C(=O)O)nnn2Cc2ncon2)cn1. The lowest BCUT2D eigenvalue weighted by molar-refractivity contribution is 0.0691. The van der Waals surface area contributed by atoms with Crippen molar-refractivity contribution in [3.05, 3.63) is 30.3 Å². The molecular weight excluding hydrogens is 266 g/mol. The molecule has 0 atom stereocenters. The quantitative estimate of drug-likeness (QED) is 0.694. The molecule has 0 amide bonds. The Hall–Kier alpha value is -3.04. The lowest BCUT2D eigenvalue weighted by Crippen LogP contribution is -2.07. The van der Waals surface area contributed by atoms with Crippen LogP contribution in [0.4, 0.5) is 0 Å². The van der Waals surface area contributed by atoms with E-state index in [0.29, 0.717) is 17.1 Å². The van der Waals surface area contributed by atoms with Gasteiger partial charge in [-0.15, -0.1) is 5.10 Å². The molecule has 0 aliphatic rings. The van der Waals surface area contributed by atoms with E-state index in [2.05, 4.69) is 30.1 Å². The van der Waals surface area contributed by atoms with Crippen LogP contribution in [0, 0.1) is 0 Å². The van der Waals surface area contributed by atoms with Crippen molar-refractivity contribution in [1.29, 1.82) is 0 Å². The average Bonchev–Trinajstić information content (AvgIpc) is 3.09. The van der Waals surface area contributed by atoms with Crippen molar-refractivity contribution in [2.45, 2.75) is 6.54 Å². The van der Waals surface area contributed by atoms with Gasteiger partial charge in [-0.3, -0.25) is 4.68 Å². The molecule has 0 spiro atoms. The van der Waals surface area contributed by atoms with Crippen LogP contribution in [-0.4, -0.2) is 46.0 Å². The minimum absolute atomic E-state index is 0.151. The minimum Gasteiger partial charge on any atom is -0.476 e. The van der Waals surface area contributed by atoms with Crippen LogP contribution in [0.1, 0.15) is 16.3 Å². The van der Waals surface area contributed by atoms with E-state index in [0.717, 1.165) is 0 Å². The molecule has 10 heteroatoms. The molecule has 3 rings (SSSR count). The number of aromatic carboxylic acids is 1. The van der Waals surface area contributed by atoms with Gasteiger partial charge in [-0.1, -0.05) is 10.4 Å². The Morgan fingerprint density at radius 3 is 2.95 bits per heavy atom. The van der Waals surface area contributed by atoms with Gasteiger partial charge in [-0.05, 0) is 0 Å². The number of aromatic nitrogens is 7. The number of rotatable bonds is 4. The van der Waals surface area contributed by atoms with Crippen LogP contribution in [0.2, 0.25) is 0 Å². The molecule has 20 heavy (non-hydrogen) atoms. The second-order valence-electron chi connectivity index (χ2n) is 4.00. The third-order valence-electron chi connectivity index (χ3n) is 2.61. The summed E-state index contributed by atoms with van der Waals surface area (Å²) in [6, 6.07) is 0. The summed E-state index contributed by atoms with van der Waals surface area (Å²) in [4.78, 5) is 15.1. The van der Waals surface area contributed by atoms with Crippen molar-refractivity contribution < 1.29 is 14.4 Å². The smallest absolute Gasteiger partial charge is 0.358 e. The Labute approximate surface area is 111 Å². The maximum atomic E-state index is 11.2. The molecule has 0 radical (unpaired) electrons. The molecule has 0 fully saturated rings. The first-order valence-electron chi connectivity index (χ1n) is 5.56. The lowest BCUT2D eigenvalue weighted by atomic mass is 10.2. The zero-order valence-corrected chi connectivity index (χ0v) is 10.3. The Balaban J connectivity index is 2.08. The highest BCUT2D eigenvalue weighted by Gasteiger charge is 2.22. The van der Waals surface area contributed by atoms with Gasteiger partial charge in [0.2, 0.25) is 6.39 Å². The molecule has 0 unspecified atom stereocenters. The maximum absolute atomic E-state index is 11.2. The topological polar surface area (TPSA) is 125 Å². The van der Waals surface area contributed by atoms with E-state index < -0.39 is 5.97 Å². The largest absolute Gasteiger partial charge is 0.476 e. The summed E-state index contributed by atoms with van der Waals surface area (Å²) in [6.45, 7) is 0.154. The molecule has 1 N–H and O–H groups in total. The van der Waals surface area contributed by atoms with Crippen molar-refractivity contribution in [2.24, 2.45) is 7.05 Å². The second kappa shape index (κ2) is 4.57. The van der Waals surface area contributed by atoms with Crippen molar-refractivity contribution in [3.63, 3.8) is 0 Å². The second-order valence-corrected chi connectivity index (χ2v) is 4.00. The molecule has 10 nitrogen and oxygen atoms in total. The van der Waals surface area contributed by atoms with E-state index in [1.807, 2.05) is 0 Å². The summed E-state index contributed by atoms with van der Waals surface area (Å²) < 4.78 is 7.59. The Bertz CT molecular complexity index is 743. The van der Waals surface area contributed by atoms with E-state index in [-0.39, 0.29) is 12.2 Å². The summed E-state index contributed by atoms with van der Waals surface area (Å²) in [7, 11) is 1.73.